The molecule has 3 aromatic rings. The Balaban J connectivity index is 1.50. The average molecular weight is 437 g/mol. The molecule has 3 rings (SSSR count). The lowest BCUT2D eigenvalue weighted by atomic mass is 10.1. The van der Waals surface area contributed by atoms with Crippen molar-refractivity contribution in [3.8, 4) is 11.5 Å². The molecule has 1 N–H and O–H groups in total. The van der Waals surface area contributed by atoms with E-state index < -0.39 is 18.0 Å². The number of nitrogens with one attached hydrogen (secondary N) is 1. The predicted molar refractivity (Wildman–Crippen MR) is 120 cm³/mol. The van der Waals surface area contributed by atoms with Crippen LogP contribution in [-0.4, -0.2) is 24.2 Å². The van der Waals surface area contributed by atoms with E-state index in [0.717, 1.165) is 11.1 Å². The van der Waals surface area contributed by atoms with Gasteiger partial charge in [-0.15, -0.1) is 0 Å². The van der Waals surface area contributed by atoms with Gasteiger partial charge in [-0.05, 0) is 74.0 Å². The number of carbonyl (C=O) groups is 2. The highest BCUT2D eigenvalue weighted by Gasteiger charge is 2.14. The number of carbonyl (C=O) groups excluding carboxylic acids is 2. The molecule has 1 atom stereocenters. The highest BCUT2D eigenvalue weighted by Crippen LogP contribution is 2.18. The number of ether oxygens (including phenoxy) is 2. The predicted octanol–water partition coefficient (Wildman–Crippen LogP) is 4.79. The van der Waals surface area contributed by atoms with Crippen molar-refractivity contribution in [1.82, 2.24) is 5.43 Å². The number of nitrogens with zero attached hydrogens (tertiary/aromatic N) is 1. The van der Waals surface area contributed by atoms with Crippen LogP contribution in [-0.2, 0) is 4.79 Å². The van der Waals surface area contributed by atoms with Crippen LogP contribution in [0.1, 0.15) is 28.4 Å². The van der Waals surface area contributed by atoms with Gasteiger partial charge in [0.1, 0.15) is 11.5 Å². The minimum Gasteiger partial charge on any atom is -0.481 e. The summed E-state index contributed by atoms with van der Waals surface area (Å²) in [7, 11) is 0. The third kappa shape index (κ3) is 6.69. The number of amides is 1. The van der Waals surface area contributed by atoms with Gasteiger partial charge in [-0.3, -0.25) is 4.79 Å². The topological polar surface area (TPSA) is 77.0 Å². The Morgan fingerprint density at radius 1 is 1.00 bits per heavy atom. The lowest BCUT2D eigenvalue weighted by Crippen LogP contribution is -2.33. The molecule has 0 heterocycles. The molecule has 0 aliphatic heterocycles. The fraction of sp³-hybridized carbons (Fsp3) is 0.125. The zero-order valence-corrected chi connectivity index (χ0v) is 17.8. The third-order valence-electron chi connectivity index (χ3n) is 4.24. The van der Waals surface area contributed by atoms with Crippen LogP contribution in [0.4, 0.5) is 0 Å². The van der Waals surface area contributed by atoms with E-state index in [0.29, 0.717) is 22.1 Å². The van der Waals surface area contributed by atoms with Crippen LogP contribution in [0.3, 0.4) is 0 Å². The first-order valence-corrected chi connectivity index (χ1v) is 9.92. The van der Waals surface area contributed by atoms with E-state index >= 15 is 0 Å². The summed E-state index contributed by atoms with van der Waals surface area (Å²) >= 11 is 5.90. The molecular formula is C24H21ClN2O4. The van der Waals surface area contributed by atoms with Crippen LogP contribution in [0.5, 0.6) is 11.5 Å². The van der Waals surface area contributed by atoms with Gasteiger partial charge >= 0.3 is 5.97 Å². The Bertz CT molecular complexity index is 1080. The molecule has 31 heavy (non-hydrogen) atoms. The minimum atomic E-state index is -0.751. The molecule has 0 fully saturated rings. The molecule has 0 spiro atoms. The maximum atomic E-state index is 12.2. The first-order valence-electron chi connectivity index (χ1n) is 9.55. The van der Waals surface area contributed by atoms with Gasteiger partial charge in [-0.25, -0.2) is 10.2 Å². The zero-order valence-electron chi connectivity index (χ0n) is 17.0. The number of benzene rings is 3. The van der Waals surface area contributed by atoms with Crippen molar-refractivity contribution < 1.29 is 19.1 Å². The average Bonchev–Trinajstić information content (AvgIpc) is 2.75. The van der Waals surface area contributed by atoms with Gasteiger partial charge in [-0.2, -0.15) is 5.10 Å². The van der Waals surface area contributed by atoms with E-state index in [1.54, 1.807) is 67.6 Å². The molecule has 0 bridgehead atoms. The summed E-state index contributed by atoms with van der Waals surface area (Å²) in [5.74, 6) is 0.0763. The fourth-order valence-electron chi connectivity index (χ4n) is 2.54. The molecule has 0 aromatic heterocycles. The number of aryl methyl sites for hydroxylation is 1. The smallest absolute Gasteiger partial charge is 0.343 e. The number of hydrazone groups is 1. The molecule has 0 saturated heterocycles. The van der Waals surface area contributed by atoms with Gasteiger partial charge in [0.25, 0.3) is 5.91 Å². The van der Waals surface area contributed by atoms with E-state index in [-0.39, 0.29) is 0 Å². The SMILES string of the molecule is Cc1ccc(C(=O)Oc2ccc(/C=N\NC(=O)[C@H](C)Oc3cccc(Cl)c3)cc2)cc1. The van der Waals surface area contributed by atoms with Gasteiger partial charge < -0.3 is 9.47 Å². The number of hydrogen-bond donors (Lipinski definition) is 1. The number of esters is 1. The maximum Gasteiger partial charge on any atom is 0.343 e. The zero-order chi connectivity index (χ0) is 22.2. The van der Waals surface area contributed by atoms with E-state index in [1.807, 2.05) is 19.1 Å². The summed E-state index contributed by atoms with van der Waals surface area (Å²) in [6.07, 6.45) is 0.731. The lowest BCUT2D eigenvalue weighted by Gasteiger charge is -2.12. The van der Waals surface area contributed by atoms with Crippen LogP contribution >= 0.6 is 11.6 Å². The van der Waals surface area contributed by atoms with Crippen LogP contribution in [0.15, 0.2) is 77.9 Å². The first kappa shape index (κ1) is 22.1. The number of halogens is 1. The second-order valence-corrected chi connectivity index (χ2v) is 7.21. The van der Waals surface area contributed by atoms with Crippen molar-refractivity contribution in [2.24, 2.45) is 5.10 Å². The van der Waals surface area contributed by atoms with Crippen molar-refractivity contribution in [1.29, 1.82) is 0 Å². The van der Waals surface area contributed by atoms with Crippen molar-refractivity contribution in [3.05, 3.63) is 94.5 Å². The fourth-order valence-corrected chi connectivity index (χ4v) is 2.72. The molecule has 1 amide bonds. The van der Waals surface area contributed by atoms with Gasteiger partial charge in [0.2, 0.25) is 0 Å². The van der Waals surface area contributed by atoms with E-state index in [9.17, 15) is 9.59 Å². The monoisotopic (exact) mass is 436 g/mol. The lowest BCUT2D eigenvalue weighted by molar-refractivity contribution is -0.127. The van der Waals surface area contributed by atoms with Crippen molar-refractivity contribution in [2.45, 2.75) is 20.0 Å². The van der Waals surface area contributed by atoms with Gasteiger partial charge in [-0.1, -0.05) is 35.4 Å². The Kier molecular flexibility index (Phi) is 7.40. The van der Waals surface area contributed by atoms with Gasteiger partial charge in [0, 0.05) is 5.02 Å². The largest absolute Gasteiger partial charge is 0.481 e. The van der Waals surface area contributed by atoms with E-state index in [2.05, 4.69) is 10.5 Å². The molecule has 7 heteroatoms. The maximum absolute atomic E-state index is 12.2. The number of rotatable bonds is 7. The Morgan fingerprint density at radius 3 is 2.39 bits per heavy atom. The molecule has 6 nitrogen and oxygen atoms in total. The van der Waals surface area contributed by atoms with E-state index in [1.165, 1.54) is 6.21 Å². The molecule has 3 aromatic carbocycles. The molecule has 0 radical (unpaired) electrons. The van der Waals surface area contributed by atoms with Crippen LogP contribution in [0, 0.1) is 6.92 Å². The van der Waals surface area contributed by atoms with Gasteiger partial charge in [0.05, 0.1) is 11.8 Å². The van der Waals surface area contributed by atoms with Crippen LogP contribution in [0.25, 0.3) is 0 Å². The standard InChI is InChI=1S/C24H21ClN2O4/c1-16-6-10-19(11-7-16)24(29)31-21-12-8-18(9-13-21)15-26-27-23(28)17(2)30-22-5-3-4-20(25)14-22/h3-15,17H,1-2H3,(H,27,28)/b26-15-/t17-/m0/s1. The summed E-state index contributed by atoms with van der Waals surface area (Å²) in [6, 6.07) is 20.7. The summed E-state index contributed by atoms with van der Waals surface area (Å²) in [5.41, 5.74) is 4.69. The summed E-state index contributed by atoms with van der Waals surface area (Å²) in [4.78, 5) is 24.3. The third-order valence-corrected chi connectivity index (χ3v) is 4.48. The van der Waals surface area contributed by atoms with E-state index in [4.69, 9.17) is 21.1 Å². The van der Waals surface area contributed by atoms with Gasteiger partial charge in [0.15, 0.2) is 6.10 Å². The van der Waals surface area contributed by atoms with Crippen molar-refractivity contribution in [2.75, 3.05) is 0 Å². The molecule has 158 valence electrons. The quantitative estimate of drug-likeness (QED) is 0.250. The molecule has 0 aliphatic carbocycles. The van der Waals surface area contributed by atoms with Crippen LogP contribution in [0.2, 0.25) is 5.02 Å². The molecule has 0 unspecified atom stereocenters. The second kappa shape index (κ2) is 10.4. The van der Waals surface area contributed by atoms with Crippen molar-refractivity contribution >= 4 is 29.7 Å². The highest BCUT2D eigenvalue weighted by molar-refractivity contribution is 6.30. The first-order chi connectivity index (χ1) is 14.9. The Labute approximate surface area is 185 Å². The molecule has 0 aliphatic rings. The summed E-state index contributed by atoms with van der Waals surface area (Å²) < 4.78 is 10.9. The Morgan fingerprint density at radius 2 is 1.71 bits per heavy atom. The second-order valence-electron chi connectivity index (χ2n) is 6.78. The molecular weight excluding hydrogens is 416 g/mol. The number of hydrogen-bond acceptors (Lipinski definition) is 5. The molecule has 0 saturated carbocycles. The summed E-state index contributed by atoms with van der Waals surface area (Å²) in [5, 5.41) is 4.45. The summed E-state index contributed by atoms with van der Waals surface area (Å²) in [6.45, 7) is 3.56. The Hall–Kier alpha value is -3.64. The minimum absolute atomic E-state index is 0.403. The van der Waals surface area contributed by atoms with Crippen molar-refractivity contribution in [3.63, 3.8) is 0 Å². The highest BCUT2D eigenvalue weighted by atomic mass is 35.5. The normalized spacial score (nSPS) is 11.7. The van der Waals surface area contributed by atoms with Crippen LogP contribution < -0.4 is 14.9 Å².